The first kappa shape index (κ1) is 15.0. The fourth-order valence-electron chi connectivity index (χ4n) is 2.42. The summed E-state index contributed by atoms with van der Waals surface area (Å²) in [5, 5.41) is 7.43. The second kappa shape index (κ2) is 6.87. The van der Waals surface area contributed by atoms with E-state index in [0.717, 1.165) is 6.54 Å². The van der Waals surface area contributed by atoms with Gasteiger partial charge in [-0.3, -0.25) is 0 Å². The van der Waals surface area contributed by atoms with E-state index in [1.165, 1.54) is 33.0 Å². The van der Waals surface area contributed by atoms with Gasteiger partial charge in [-0.1, -0.05) is 32.9 Å². The van der Waals surface area contributed by atoms with Crippen molar-refractivity contribution in [2.45, 2.75) is 39.7 Å². The molecule has 0 radical (unpaired) electrons. The summed E-state index contributed by atoms with van der Waals surface area (Å²) in [6.45, 7) is 7.90. The molecule has 0 saturated carbocycles. The SMILES string of the molecule is CCCNC(CC(C)C)c1csc2c(Br)cccc12. The molecule has 2 rings (SSSR count). The lowest BCUT2D eigenvalue weighted by Gasteiger charge is -2.20. The molecule has 1 heterocycles. The molecule has 0 amide bonds. The average molecular weight is 340 g/mol. The molecule has 0 aliphatic rings. The zero-order chi connectivity index (χ0) is 13.8. The van der Waals surface area contributed by atoms with Gasteiger partial charge in [0.15, 0.2) is 0 Å². The van der Waals surface area contributed by atoms with Crippen molar-refractivity contribution in [1.29, 1.82) is 0 Å². The van der Waals surface area contributed by atoms with Crippen molar-refractivity contribution >= 4 is 37.4 Å². The topological polar surface area (TPSA) is 12.0 Å². The molecule has 104 valence electrons. The molecular weight excluding hydrogens is 318 g/mol. The van der Waals surface area contributed by atoms with Crippen LogP contribution in [0.2, 0.25) is 0 Å². The summed E-state index contributed by atoms with van der Waals surface area (Å²) in [6.07, 6.45) is 2.37. The number of thiophene rings is 1. The smallest absolute Gasteiger partial charge is 0.0488 e. The molecule has 1 aromatic heterocycles. The van der Waals surface area contributed by atoms with Crippen molar-refractivity contribution in [2.24, 2.45) is 5.92 Å². The minimum atomic E-state index is 0.475. The number of fused-ring (bicyclic) bond motifs is 1. The zero-order valence-corrected chi connectivity index (χ0v) is 14.3. The second-order valence-corrected chi connectivity index (χ2v) is 7.18. The van der Waals surface area contributed by atoms with Gasteiger partial charge in [-0.2, -0.15) is 0 Å². The van der Waals surface area contributed by atoms with E-state index < -0.39 is 0 Å². The zero-order valence-electron chi connectivity index (χ0n) is 11.9. The van der Waals surface area contributed by atoms with Crippen LogP contribution in [0.5, 0.6) is 0 Å². The van der Waals surface area contributed by atoms with Gasteiger partial charge in [-0.25, -0.2) is 0 Å². The van der Waals surface area contributed by atoms with Crippen molar-refractivity contribution in [3.8, 4) is 0 Å². The molecule has 1 N–H and O–H groups in total. The summed E-state index contributed by atoms with van der Waals surface area (Å²) < 4.78 is 2.57. The molecule has 1 nitrogen and oxygen atoms in total. The van der Waals surface area contributed by atoms with Gasteiger partial charge in [-0.05, 0) is 63.6 Å². The molecule has 1 unspecified atom stereocenters. The van der Waals surface area contributed by atoms with Gasteiger partial charge in [-0.15, -0.1) is 11.3 Å². The Kier molecular flexibility index (Phi) is 5.43. The number of hydrogen-bond donors (Lipinski definition) is 1. The van der Waals surface area contributed by atoms with Crippen molar-refractivity contribution in [3.05, 3.63) is 33.6 Å². The molecule has 2 aromatic rings. The minimum absolute atomic E-state index is 0.475. The lowest BCUT2D eigenvalue weighted by atomic mass is 9.96. The van der Waals surface area contributed by atoms with E-state index in [0.29, 0.717) is 12.0 Å². The molecule has 0 fully saturated rings. The Morgan fingerprint density at radius 3 is 2.79 bits per heavy atom. The fourth-order valence-corrected chi connectivity index (χ4v) is 4.10. The summed E-state index contributed by atoms with van der Waals surface area (Å²) in [4.78, 5) is 0. The molecule has 1 atom stereocenters. The first-order chi connectivity index (χ1) is 9.13. The predicted molar refractivity (Wildman–Crippen MR) is 90.0 cm³/mol. The summed E-state index contributed by atoms with van der Waals surface area (Å²) in [5.41, 5.74) is 1.46. The molecule has 0 aliphatic carbocycles. The van der Waals surface area contributed by atoms with Crippen LogP contribution in [-0.4, -0.2) is 6.54 Å². The highest BCUT2D eigenvalue weighted by Crippen LogP contribution is 2.36. The van der Waals surface area contributed by atoms with Gasteiger partial charge in [0.2, 0.25) is 0 Å². The van der Waals surface area contributed by atoms with Crippen LogP contribution in [0.1, 0.15) is 45.2 Å². The van der Waals surface area contributed by atoms with E-state index in [2.05, 4.69) is 65.6 Å². The van der Waals surface area contributed by atoms with E-state index in [9.17, 15) is 0 Å². The Morgan fingerprint density at radius 2 is 2.11 bits per heavy atom. The third-order valence-electron chi connectivity index (χ3n) is 3.30. The highest BCUT2D eigenvalue weighted by Gasteiger charge is 2.17. The Labute approximate surface area is 128 Å². The van der Waals surface area contributed by atoms with Crippen molar-refractivity contribution < 1.29 is 0 Å². The Bertz CT molecular complexity index is 533. The Hall–Kier alpha value is -0.380. The van der Waals surface area contributed by atoms with Gasteiger partial charge in [0.25, 0.3) is 0 Å². The van der Waals surface area contributed by atoms with Crippen LogP contribution in [0.4, 0.5) is 0 Å². The predicted octanol–water partition coefficient (Wildman–Crippen LogP) is 5.75. The second-order valence-electron chi connectivity index (χ2n) is 5.44. The number of halogens is 1. The van der Waals surface area contributed by atoms with Gasteiger partial charge < -0.3 is 5.32 Å². The van der Waals surface area contributed by atoms with E-state index in [-0.39, 0.29) is 0 Å². The Balaban J connectivity index is 2.35. The average Bonchev–Trinajstić information content (AvgIpc) is 2.79. The van der Waals surface area contributed by atoms with Crippen LogP contribution in [0, 0.1) is 5.92 Å². The summed E-state index contributed by atoms with van der Waals surface area (Å²) in [5.74, 6) is 0.705. The van der Waals surface area contributed by atoms with E-state index in [1.807, 2.05) is 11.3 Å². The first-order valence-electron chi connectivity index (χ1n) is 7.02. The summed E-state index contributed by atoms with van der Waals surface area (Å²) in [6, 6.07) is 6.98. The molecule has 1 aromatic carbocycles. The highest BCUT2D eigenvalue weighted by atomic mass is 79.9. The molecule has 3 heteroatoms. The van der Waals surface area contributed by atoms with Gasteiger partial charge in [0.05, 0.1) is 0 Å². The largest absolute Gasteiger partial charge is 0.310 e. The van der Waals surface area contributed by atoms with E-state index in [1.54, 1.807) is 0 Å². The maximum atomic E-state index is 3.71. The first-order valence-corrected chi connectivity index (χ1v) is 8.69. The third kappa shape index (κ3) is 3.59. The quantitative estimate of drug-likeness (QED) is 0.706. The van der Waals surface area contributed by atoms with Crippen LogP contribution in [-0.2, 0) is 0 Å². The molecule has 0 saturated heterocycles. The van der Waals surface area contributed by atoms with Gasteiger partial charge in [0, 0.05) is 15.2 Å². The molecular formula is C16H22BrNS. The summed E-state index contributed by atoms with van der Waals surface area (Å²) >= 11 is 5.50. The highest BCUT2D eigenvalue weighted by molar-refractivity contribution is 9.10. The monoisotopic (exact) mass is 339 g/mol. The van der Waals surface area contributed by atoms with E-state index >= 15 is 0 Å². The lowest BCUT2D eigenvalue weighted by molar-refractivity contribution is 0.433. The number of rotatable bonds is 6. The van der Waals surface area contributed by atoms with Crippen molar-refractivity contribution in [3.63, 3.8) is 0 Å². The number of benzene rings is 1. The van der Waals surface area contributed by atoms with Crippen LogP contribution >= 0.6 is 27.3 Å². The van der Waals surface area contributed by atoms with Crippen molar-refractivity contribution in [2.75, 3.05) is 6.54 Å². The fraction of sp³-hybridized carbons (Fsp3) is 0.500. The van der Waals surface area contributed by atoms with Gasteiger partial charge >= 0.3 is 0 Å². The summed E-state index contributed by atoms with van der Waals surface area (Å²) in [7, 11) is 0. The van der Waals surface area contributed by atoms with Crippen molar-refractivity contribution in [1.82, 2.24) is 5.32 Å². The number of nitrogens with one attached hydrogen (secondary N) is 1. The standard InChI is InChI=1S/C16H22BrNS/c1-4-8-18-15(9-11(2)3)13-10-19-16-12(13)6-5-7-14(16)17/h5-7,10-11,15,18H,4,8-9H2,1-3H3. The molecule has 0 aliphatic heterocycles. The number of hydrogen-bond acceptors (Lipinski definition) is 2. The van der Waals surface area contributed by atoms with E-state index in [4.69, 9.17) is 0 Å². The lowest BCUT2D eigenvalue weighted by Crippen LogP contribution is -2.23. The molecule has 19 heavy (non-hydrogen) atoms. The normalized spacial score (nSPS) is 13.3. The van der Waals surface area contributed by atoms with Crippen LogP contribution in [0.3, 0.4) is 0 Å². The van der Waals surface area contributed by atoms with Crippen LogP contribution in [0.15, 0.2) is 28.1 Å². The minimum Gasteiger partial charge on any atom is -0.310 e. The van der Waals surface area contributed by atoms with Gasteiger partial charge in [0.1, 0.15) is 0 Å². The Morgan fingerprint density at radius 1 is 1.32 bits per heavy atom. The maximum absolute atomic E-state index is 3.71. The third-order valence-corrected chi connectivity index (χ3v) is 5.28. The van der Waals surface area contributed by atoms with Crippen LogP contribution in [0.25, 0.3) is 10.1 Å². The van der Waals surface area contributed by atoms with Crippen LogP contribution < -0.4 is 5.32 Å². The maximum Gasteiger partial charge on any atom is 0.0488 e. The molecule has 0 bridgehead atoms. The molecule has 0 spiro atoms.